The molecule has 0 saturated heterocycles. The van der Waals surface area contributed by atoms with Crippen molar-refractivity contribution < 1.29 is 4.39 Å². The topological polar surface area (TPSA) is 0 Å². The molecule has 0 aromatic heterocycles. The molecule has 3 aromatic carbocycles. The second-order valence-electron chi connectivity index (χ2n) is 5.07. The Bertz CT molecular complexity index is 759. The standard InChI is InChI=1S/C19H14FI/c1-13-2-4-14(5-3-13)16-8-11-18(19(20)12-16)15-6-9-17(21)10-7-15/h2-12H,1H3. The first-order chi connectivity index (χ1) is 10.1. The molecule has 0 amide bonds. The Hall–Kier alpha value is -1.68. The van der Waals surface area contributed by atoms with Crippen molar-refractivity contribution in [3.8, 4) is 22.3 Å². The van der Waals surface area contributed by atoms with E-state index in [-0.39, 0.29) is 5.82 Å². The molecule has 0 aliphatic heterocycles. The van der Waals surface area contributed by atoms with Crippen LogP contribution in [0.3, 0.4) is 0 Å². The quantitative estimate of drug-likeness (QED) is 0.468. The van der Waals surface area contributed by atoms with E-state index >= 15 is 0 Å². The van der Waals surface area contributed by atoms with Crippen LogP contribution in [0.2, 0.25) is 0 Å². The molecule has 0 fully saturated rings. The third-order valence-corrected chi connectivity index (χ3v) is 4.23. The predicted molar refractivity (Wildman–Crippen MR) is 94.7 cm³/mol. The average molecular weight is 388 g/mol. The lowest BCUT2D eigenvalue weighted by atomic mass is 9.99. The highest BCUT2D eigenvalue weighted by Crippen LogP contribution is 2.28. The van der Waals surface area contributed by atoms with Gasteiger partial charge in [-0.15, -0.1) is 0 Å². The average Bonchev–Trinajstić information content (AvgIpc) is 2.49. The highest BCUT2D eigenvalue weighted by atomic mass is 127. The summed E-state index contributed by atoms with van der Waals surface area (Å²) in [7, 11) is 0. The van der Waals surface area contributed by atoms with Crippen LogP contribution in [-0.2, 0) is 0 Å². The van der Waals surface area contributed by atoms with E-state index in [1.165, 1.54) is 5.56 Å². The predicted octanol–water partition coefficient (Wildman–Crippen LogP) is 6.07. The fourth-order valence-electron chi connectivity index (χ4n) is 2.30. The monoisotopic (exact) mass is 388 g/mol. The first-order valence-electron chi connectivity index (χ1n) is 6.76. The highest BCUT2D eigenvalue weighted by Gasteiger charge is 2.07. The van der Waals surface area contributed by atoms with Gasteiger partial charge in [-0.25, -0.2) is 4.39 Å². The molecule has 3 aromatic rings. The molecule has 0 unspecified atom stereocenters. The molecule has 21 heavy (non-hydrogen) atoms. The van der Waals surface area contributed by atoms with E-state index in [0.717, 1.165) is 20.3 Å². The van der Waals surface area contributed by atoms with E-state index in [2.05, 4.69) is 22.6 Å². The third-order valence-electron chi connectivity index (χ3n) is 3.51. The lowest BCUT2D eigenvalue weighted by Gasteiger charge is -2.07. The van der Waals surface area contributed by atoms with E-state index in [1.54, 1.807) is 6.07 Å². The molecule has 104 valence electrons. The summed E-state index contributed by atoms with van der Waals surface area (Å²) in [4.78, 5) is 0. The zero-order valence-corrected chi connectivity index (χ0v) is 13.8. The van der Waals surface area contributed by atoms with Crippen molar-refractivity contribution in [2.24, 2.45) is 0 Å². The zero-order valence-electron chi connectivity index (χ0n) is 11.6. The van der Waals surface area contributed by atoms with Crippen LogP contribution in [0, 0.1) is 16.3 Å². The van der Waals surface area contributed by atoms with Crippen LogP contribution < -0.4 is 0 Å². The fraction of sp³-hybridized carbons (Fsp3) is 0.0526. The van der Waals surface area contributed by atoms with Crippen molar-refractivity contribution in [3.05, 3.63) is 81.7 Å². The zero-order chi connectivity index (χ0) is 14.8. The van der Waals surface area contributed by atoms with Gasteiger partial charge in [0.1, 0.15) is 5.82 Å². The van der Waals surface area contributed by atoms with Crippen LogP contribution >= 0.6 is 22.6 Å². The van der Waals surface area contributed by atoms with Gasteiger partial charge in [0.25, 0.3) is 0 Å². The van der Waals surface area contributed by atoms with Gasteiger partial charge in [-0.2, -0.15) is 0 Å². The smallest absolute Gasteiger partial charge is 0.131 e. The summed E-state index contributed by atoms with van der Waals surface area (Å²) in [6.45, 7) is 2.05. The maximum atomic E-state index is 14.4. The van der Waals surface area contributed by atoms with Crippen LogP contribution in [-0.4, -0.2) is 0 Å². The van der Waals surface area contributed by atoms with Crippen LogP contribution in [0.1, 0.15) is 5.56 Å². The molecule has 0 saturated carbocycles. The summed E-state index contributed by atoms with van der Waals surface area (Å²) in [5, 5.41) is 0. The molecule has 3 rings (SSSR count). The number of benzene rings is 3. The van der Waals surface area contributed by atoms with Gasteiger partial charge >= 0.3 is 0 Å². The Kier molecular flexibility index (Phi) is 4.06. The molecular formula is C19H14FI. The number of aryl methyl sites for hydroxylation is 1. The van der Waals surface area contributed by atoms with E-state index in [0.29, 0.717) is 5.56 Å². The molecule has 0 aliphatic rings. The van der Waals surface area contributed by atoms with Crippen molar-refractivity contribution in [3.63, 3.8) is 0 Å². The Morgan fingerprint density at radius 3 is 1.90 bits per heavy atom. The van der Waals surface area contributed by atoms with E-state index in [4.69, 9.17) is 0 Å². The van der Waals surface area contributed by atoms with Crippen molar-refractivity contribution in [1.82, 2.24) is 0 Å². The number of rotatable bonds is 2. The molecule has 0 N–H and O–H groups in total. The normalized spacial score (nSPS) is 10.6. The van der Waals surface area contributed by atoms with Gasteiger partial charge in [-0.05, 0) is 64.4 Å². The lowest BCUT2D eigenvalue weighted by molar-refractivity contribution is 0.632. The van der Waals surface area contributed by atoms with Crippen molar-refractivity contribution in [2.75, 3.05) is 0 Å². The van der Waals surface area contributed by atoms with Gasteiger partial charge < -0.3 is 0 Å². The Balaban J connectivity index is 1.99. The third kappa shape index (κ3) is 3.16. The van der Waals surface area contributed by atoms with E-state index in [9.17, 15) is 4.39 Å². The molecule has 0 aliphatic carbocycles. The summed E-state index contributed by atoms with van der Waals surface area (Å²) in [5.74, 6) is -0.186. The van der Waals surface area contributed by atoms with Crippen LogP contribution in [0.25, 0.3) is 22.3 Å². The minimum absolute atomic E-state index is 0.186. The Morgan fingerprint density at radius 2 is 1.29 bits per heavy atom. The second-order valence-corrected chi connectivity index (χ2v) is 6.31. The molecule has 2 heteroatoms. The summed E-state index contributed by atoms with van der Waals surface area (Å²) >= 11 is 2.25. The summed E-state index contributed by atoms with van der Waals surface area (Å²) in [6, 6.07) is 21.4. The summed E-state index contributed by atoms with van der Waals surface area (Å²) in [5.41, 5.74) is 4.69. The van der Waals surface area contributed by atoms with Crippen molar-refractivity contribution >= 4 is 22.6 Å². The second kappa shape index (κ2) is 5.98. The van der Waals surface area contributed by atoms with Gasteiger partial charge in [0.2, 0.25) is 0 Å². The number of hydrogen-bond acceptors (Lipinski definition) is 0. The Morgan fingerprint density at radius 1 is 0.714 bits per heavy atom. The minimum Gasteiger partial charge on any atom is -0.206 e. The molecular weight excluding hydrogens is 374 g/mol. The fourth-order valence-corrected chi connectivity index (χ4v) is 2.66. The molecule has 0 spiro atoms. The van der Waals surface area contributed by atoms with Gasteiger partial charge in [0.05, 0.1) is 0 Å². The summed E-state index contributed by atoms with van der Waals surface area (Å²) in [6.07, 6.45) is 0. The minimum atomic E-state index is -0.186. The van der Waals surface area contributed by atoms with Gasteiger partial charge in [-0.3, -0.25) is 0 Å². The number of halogens is 2. The SMILES string of the molecule is Cc1ccc(-c2ccc(-c3ccc(I)cc3)c(F)c2)cc1. The first kappa shape index (κ1) is 14.3. The Labute approximate surface area is 137 Å². The molecule has 0 heterocycles. The van der Waals surface area contributed by atoms with E-state index < -0.39 is 0 Å². The van der Waals surface area contributed by atoms with E-state index in [1.807, 2.05) is 67.6 Å². The van der Waals surface area contributed by atoms with Crippen LogP contribution in [0.5, 0.6) is 0 Å². The van der Waals surface area contributed by atoms with Gasteiger partial charge in [-0.1, -0.05) is 54.1 Å². The molecule has 0 nitrogen and oxygen atoms in total. The van der Waals surface area contributed by atoms with Gasteiger partial charge in [0, 0.05) is 9.13 Å². The molecule has 0 bridgehead atoms. The van der Waals surface area contributed by atoms with Crippen LogP contribution in [0.15, 0.2) is 66.7 Å². The molecule has 0 radical (unpaired) electrons. The summed E-state index contributed by atoms with van der Waals surface area (Å²) < 4.78 is 15.5. The highest BCUT2D eigenvalue weighted by molar-refractivity contribution is 14.1. The number of hydrogen-bond donors (Lipinski definition) is 0. The maximum absolute atomic E-state index is 14.4. The molecule has 0 atom stereocenters. The van der Waals surface area contributed by atoms with Crippen molar-refractivity contribution in [1.29, 1.82) is 0 Å². The lowest BCUT2D eigenvalue weighted by Crippen LogP contribution is -1.87. The van der Waals surface area contributed by atoms with Crippen molar-refractivity contribution in [2.45, 2.75) is 6.92 Å². The maximum Gasteiger partial charge on any atom is 0.131 e. The first-order valence-corrected chi connectivity index (χ1v) is 7.84. The van der Waals surface area contributed by atoms with Gasteiger partial charge in [0.15, 0.2) is 0 Å². The van der Waals surface area contributed by atoms with Crippen LogP contribution in [0.4, 0.5) is 4.39 Å². The largest absolute Gasteiger partial charge is 0.206 e.